The molecule has 1 aliphatic heterocycles. The van der Waals surface area contributed by atoms with Crippen LogP contribution >= 0.6 is 0 Å². The zero-order valence-electron chi connectivity index (χ0n) is 24.2. The normalized spacial score (nSPS) is 17.2. The summed E-state index contributed by atoms with van der Waals surface area (Å²) in [7, 11) is 0. The number of esters is 1. The van der Waals surface area contributed by atoms with Crippen molar-refractivity contribution in [3.63, 3.8) is 0 Å². The third-order valence-corrected chi connectivity index (χ3v) is 7.75. The Morgan fingerprint density at radius 2 is 1.28 bits per heavy atom. The fourth-order valence-corrected chi connectivity index (χ4v) is 6.28. The lowest BCUT2D eigenvalue weighted by molar-refractivity contribution is -0.154. The summed E-state index contributed by atoms with van der Waals surface area (Å²) in [5.41, 5.74) is 1.18. The fraction of sp³-hybridized carbons (Fsp3) is 0.750. The lowest BCUT2D eigenvalue weighted by Crippen LogP contribution is -2.64. The average molecular weight is 500 g/mol. The monoisotopic (exact) mass is 499 g/mol. The summed E-state index contributed by atoms with van der Waals surface area (Å²) in [4.78, 5) is 27.5. The second-order valence-corrected chi connectivity index (χ2v) is 12.2. The van der Waals surface area contributed by atoms with E-state index in [1.54, 1.807) is 0 Å². The minimum Gasteiger partial charge on any atom is -0.462 e. The Bertz CT molecular complexity index is 795. The van der Waals surface area contributed by atoms with E-state index in [0.717, 1.165) is 24.0 Å². The largest absolute Gasteiger partial charge is 0.462 e. The predicted octanol–water partition coefficient (Wildman–Crippen LogP) is 8.66. The molecule has 4 nitrogen and oxygen atoms in total. The molecular formula is C32H53NO3. The summed E-state index contributed by atoms with van der Waals surface area (Å²) in [5, 5.41) is 0. The molecule has 1 aromatic rings. The van der Waals surface area contributed by atoms with Gasteiger partial charge in [-0.05, 0) is 52.2 Å². The smallest absolute Gasteiger partial charge is 0.302 e. The number of hydrogen-bond acceptors (Lipinski definition) is 3. The van der Waals surface area contributed by atoms with Crippen molar-refractivity contribution >= 4 is 11.9 Å². The van der Waals surface area contributed by atoms with Crippen LogP contribution < -0.4 is 0 Å². The summed E-state index contributed by atoms with van der Waals surface area (Å²) in [6, 6.07) is 8.14. The van der Waals surface area contributed by atoms with Gasteiger partial charge in [0, 0.05) is 36.4 Å². The third kappa shape index (κ3) is 9.56. The molecule has 1 heterocycles. The SMILES string of the molecule is CCCCCCCCCCCCCCc1ccccc1C(=O)N1C(C)(C)CC(OC(C)=O)CC1(C)C. The number of amides is 1. The summed E-state index contributed by atoms with van der Waals surface area (Å²) in [6.45, 7) is 12.1. The van der Waals surface area contributed by atoms with Gasteiger partial charge in [0.05, 0.1) is 0 Å². The molecule has 0 aromatic heterocycles. The Morgan fingerprint density at radius 1 is 0.806 bits per heavy atom. The number of piperidine rings is 1. The van der Waals surface area contributed by atoms with Crippen LogP contribution in [0.5, 0.6) is 0 Å². The van der Waals surface area contributed by atoms with Crippen molar-refractivity contribution in [3.05, 3.63) is 35.4 Å². The van der Waals surface area contributed by atoms with Gasteiger partial charge >= 0.3 is 5.97 Å². The number of ether oxygens (including phenoxy) is 1. The standard InChI is InChI=1S/C32H53NO3/c1-7-8-9-10-11-12-13-14-15-16-17-18-21-27-22-19-20-23-29(27)30(35)33-31(3,4)24-28(36-26(2)34)25-32(33,5)6/h19-20,22-23,28H,7-18,21,24-25H2,1-6H3. The molecule has 204 valence electrons. The van der Waals surface area contributed by atoms with Crippen molar-refractivity contribution < 1.29 is 14.3 Å². The van der Waals surface area contributed by atoms with E-state index >= 15 is 0 Å². The number of rotatable bonds is 15. The molecule has 0 spiro atoms. The maximum atomic E-state index is 13.9. The van der Waals surface area contributed by atoms with Crippen LogP contribution in [-0.2, 0) is 16.0 Å². The molecule has 0 atom stereocenters. The van der Waals surface area contributed by atoms with Gasteiger partial charge in [-0.3, -0.25) is 9.59 Å². The second-order valence-electron chi connectivity index (χ2n) is 12.2. The van der Waals surface area contributed by atoms with Gasteiger partial charge < -0.3 is 9.64 Å². The molecule has 0 aliphatic carbocycles. The molecule has 0 radical (unpaired) electrons. The van der Waals surface area contributed by atoms with Crippen LogP contribution in [0.1, 0.15) is 147 Å². The van der Waals surface area contributed by atoms with Crippen molar-refractivity contribution in [1.82, 2.24) is 4.90 Å². The zero-order chi connectivity index (χ0) is 26.6. The van der Waals surface area contributed by atoms with Crippen LogP contribution in [0.2, 0.25) is 0 Å². The van der Waals surface area contributed by atoms with Crippen molar-refractivity contribution in [2.75, 3.05) is 0 Å². The number of carbonyl (C=O) groups is 2. The fourth-order valence-electron chi connectivity index (χ4n) is 6.28. The van der Waals surface area contributed by atoms with Crippen molar-refractivity contribution in [2.24, 2.45) is 0 Å². The first kappa shape index (κ1) is 30.4. The van der Waals surface area contributed by atoms with Gasteiger partial charge in [-0.2, -0.15) is 0 Å². The Hall–Kier alpha value is -1.84. The van der Waals surface area contributed by atoms with Crippen LogP contribution in [0.4, 0.5) is 0 Å². The molecule has 1 aromatic carbocycles. The molecule has 36 heavy (non-hydrogen) atoms. The van der Waals surface area contributed by atoms with Crippen molar-refractivity contribution in [2.45, 2.75) is 155 Å². The van der Waals surface area contributed by atoms with E-state index in [-0.39, 0.29) is 18.0 Å². The second kappa shape index (κ2) is 14.8. The average Bonchev–Trinajstić information content (AvgIpc) is 2.78. The molecule has 1 saturated heterocycles. The van der Waals surface area contributed by atoms with Gasteiger partial charge in [0.25, 0.3) is 5.91 Å². The number of unbranched alkanes of at least 4 members (excludes halogenated alkanes) is 11. The summed E-state index contributed by atoms with van der Waals surface area (Å²) < 4.78 is 5.57. The van der Waals surface area contributed by atoms with Crippen molar-refractivity contribution in [1.29, 1.82) is 0 Å². The van der Waals surface area contributed by atoms with Gasteiger partial charge in [0.2, 0.25) is 0 Å². The Morgan fingerprint density at radius 3 is 1.78 bits per heavy atom. The molecule has 1 fully saturated rings. The van der Waals surface area contributed by atoms with Crippen LogP contribution in [-0.4, -0.2) is 34.0 Å². The quantitative estimate of drug-likeness (QED) is 0.179. The highest BCUT2D eigenvalue weighted by Crippen LogP contribution is 2.41. The van der Waals surface area contributed by atoms with Crippen LogP contribution in [0.3, 0.4) is 0 Å². The highest BCUT2D eigenvalue weighted by Gasteiger charge is 2.49. The van der Waals surface area contributed by atoms with Crippen LogP contribution in [0, 0.1) is 0 Å². The summed E-state index contributed by atoms with van der Waals surface area (Å²) >= 11 is 0. The number of hydrogen-bond donors (Lipinski definition) is 0. The third-order valence-electron chi connectivity index (χ3n) is 7.75. The number of benzene rings is 1. The minimum atomic E-state index is -0.401. The summed E-state index contributed by atoms with van der Waals surface area (Å²) in [5.74, 6) is -0.153. The first-order valence-electron chi connectivity index (χ1n) is 14.7. The highest BCUT2D eigenvalue weighted by molar-refractivity contribution is 5.96. The van der Waals surface area contributed by atoms with E-state index in [2.05, 4.69) is 46.8 Å². The number of likely N-dealkylation sites (tertiary alicyclic amines) is 1. The first-order chi connectivity index (χ1) is 17.1. The van der Waals surface area contributed by atoms with Gasteiger partial charge in [-0.1, -0.05) is 95.8 Å². The van der Waals surface area contributed by atoms with E-state index in [1.165, 1.54) is 77.6 Å². The van der Waals surface area contributed by atoms with Crippen LogP contribution in [0.15, 0.2) is 24.3 Å². The Labute approximate surface area is 221 Å². The molecule has 0 saturated carbocycles. The Kier molecular flexibility index (Phi) is 12.5. The van der Waals surface area contributed by atoms with E-state index in [9.17, 15) is 9.59 Å². The number of nitrogens with zero attached hydrogens (tertiary/aromatic N) is 1. The van der Waals surface area contributed by atoms with Crippen molar-refractivity contribution in [3.8, 4) is 0 Å². The Balaban J connectivity index is 1.86. The van der Waals surface area contributed by atoms with E-state index in [0.29, 0.717) is 12.8 Å². The summed E-state index contributed by atoms with van der Waals surface area (Å²) in [6.07, 6.45) is 18.1. The molecule has 0 N–H and O–H groups in total. The van der Waals surface area contributed by atoms with Crippen LogP contribution in [0.25, 0.3) is 0 Å². The first-order valence-corrected chi connectivity index (χ1v) is 14.7. The van der Waals surface area contributed by atoms with Gasteiger partial charge in [0.1, 0.15) is 6.10 Å². The predicted molar refractivity (Wildman–Crippen MR) is 150 cm³/mol. The zero-order valence-corrected chi connectivity index (χ0v) is 24.2. The lowest BCUT2D eigenvalue weighted by atomic mass is 9.77. The van der Waals surface area contributed by atoms with Gasteiger partial charge in [-0.15, -0.1) is 0 Å². The van der Waals surface area contributed by atoms with E-state index < -0.39 is 11.1 Å². The molecule has 0 unspecified atom stereocenters. The molecule has 1 aliphatic rings. The highest BCUT2D eigenvalue weighted by atomic mass is 16.5. The van der Waals surface area contributed by atoms with E-state index in [4.69, 9.17) is 4.74 Å². The maximum Gasteiger partial charge on any atom is 0.302 e. The molecule has 1 amide bonds. The minimum absolute atomic E-state index is 0.0980. The number of carbonyl (C=O) groups excluding carboxylic acids is 2. The number of aryl methyl sites for hydroxylation is 1. The van der Waals surface area contributed by atoms with Gasteiger partial charge in [0.15, 0.2) is 0 Å². The van der Waals surface area contributed by atoms with E-state index in [1.807, 2.05) is 17.0 Å². The maximum absolute atomic E-state index is 13.9. The topological polar surface area (TPSA) is 46.6 Å². The molecular weight excluding hydrogens is 446 g/mol. The lowest BCUT2D eigenvalue weighted by Gasteiger charge is -2.54. The van der Waals surface area contributed by atoms with Gasteiger partial charge in [-0.25, -0.2) is 0 Å². The molecule has 4 heteroatoms. The molecule has 2 rings (SSSR count). The molecule has 0 bridgehead atoms.